The van der Waals surface area contributed by atoms with Gasteiger partial charge in [0.1, 0.15) is 0 Å². The molecule has 0 aliphatic rings. The monoisotopic (exact) mass is 277 g/mol. The summed E-state index contributed by atoms with van der Waals surface area (Å²) in [5, 5.41) is 0.395. The van der Waals surface area contributed by atoms with E-state index in [4.69, 9.17) is 16.3 Å². The van der Waals surface area contributed by atoms with Crippen molar-refractivity contribution >= 4 is 21.6 Å². The number of rotatable bonds is 6. The quantitative estimate of drug-likeness (QED) is 0.810. The second kappa shape index (κ2) is 6.35. The zero-order chi connectivity index (χ0) is 12.9. The van der Waals surface area contributed by atoms with Crippen molar-refractivity contribution in [1.82, 2.24) is 4.72 Å². The maximum absolute atomic E-state index is 11.8. The van der Waals surface area contributed by atoms with E-state index in [1.165, 1.54) is 12.1 Å². The van der Waals surface area contributed by atoms with Crippen LogP contribution in [0.1, 0.15) is 13.8 Å². The number of hydrogen-bond donors (Lipinski definition) is 1. The summed E-state index contributed by atoms with van der Waals surface area (Å²) in [5.41, 5.74) is 0. The van der Waals surface area contributed by atoms with Gasteiger partial charge in [0.05, 0.1) is 17.6 Å². The van der Waals surface area contributed by atoms with Gasteiger partial charge in [-0.1, -0.05) is 17.7 Å². The Bertz CT molecular complexity index is 460. The number of ether oxygens (including phenoxy) is 1. The topological polar surface area (TPSA) is 55.4 Å². The minimum atomic E-state index is -3.50. The summed E-state index contributed by atoms with van der Waals surface area (Å²) < 4.78 is 31.3. The van der Waals surface area contributed by atoms with Crippen molar-refractivity contribution in [3.05, 3.63) is 29.3 Å². The van der Waals surface area contributed by atoms with E-state index in [1.54, 1.807) is 12.1 Å². The third kappa shape index (κ3) is 5.04. The van der Waals surface area contributed by atoms with Gasteiger partial charge in [0, 0.05) is 11.6 Å². The van der Waals surface area contributed by atoms with Crippen LogP contribution in [0.15, 0.2) is 29.2 Å². The van der Waals surface area contributed by atoms with Crippen molar-refractivity contribution in [2.45, 2.75) is 24.8 Å². The Labute approximate surface area is 107 Å². The molecule has 96 valence electrons. The summed E-state index contributed by atoms with van der Waals surface area (Å²) >= 11 is 5.74. The molecule has 0 fully saturated rings. The molecule has 6 heteroatoms. The van der Waals surface area contributed by atoms with Gasteiger partial charge in [-0.25, -0.2) is 13.1 Å². The third-order valence-corrected chi connectivity index (χ3v) is 3.65. The van der Waals surface area contributed by atoms with Crippen LogP contribution in [0.2, 0.25) is 5.02 Å². The highest BCUT2D eigenvalue weighted by atomic mass is 35.5. The van der Waals surface area contributed by atoms with Gasteiger partial charge in [0.2, 0.25) is 10.0 Å². The van der Waals surface area contributed by atoms with Gasteiger partial charge in [-0.2, -0.15) is 0 Å². The fraction of sp³-hybridized carbons (Fsp3) is 0.455. The molecular formula is C11H16ClNO3S. The molecule has 1 aromatic rings. The van der Waals surface area contributed by atoms with E-state index in [2.05, 4.69) is 4.72 Å². The molecule has 0 aliphatic carbocycles. The molecule has 1 aromatic carbocycles. The molecule has 0 heterocycles. The average Bonchev–Trinajstić information content (AvgIpc) is 2.24. The lowest BCUT2D eigenvalue weighted by atomic mass is 10.4. The van der Waals surface area contributed by atoms with Crippen molar-refractivity contribution in [3.63, 3.8) is 0 Å². The first-order chi connectivity index (χ1) is 7.92. The van der Waals surface area contributed by atoms with Crippen LogP contribution in [0.5, 0.6) is 0 Å². The van der Waals surface area contributed by atoms with Crippen molar-refractivity contribution < 1.29 is 13.2 Å². The largest absolute Gasteiger partial charge is 0.377 e. The molecule has 1 rings (SSSR count). The Morgan fingerprint density at radius 3 is 2.71 bits per heavy atom. The molecule has 0 saturated carbocycles. The number of benzene rings is 1. The van der Waals surface area contributed by atoms with E-state index in [-0.39, 0.29) is 17.5 Å². The second-order valence-electron chi connectivity index (χ2n) is 3.77. The number of hydrogen-bond acceptors (Lipinski definition) is 3. The molecule has 1 N–H and O–H groups in total. The summed E-state index contributed by atoms with van der Waals surface area (Å²) in [6.45, 7) is 4.38. The van der Waals surface area contributed by atoms with E-state index in [0.29, 0.717) is 11.6 Å². The molecule has 0 spiro atoms. The number of sulfonamides is 1. The Morgan fingerprint density at radius 2 is 2.12 bits per heavy atom. The van der Waals surface area contributed by atoms with Gasteiger partial charge in [0.25, 0.3) is 0 Å². The minimum Gasteiger partial charge on any atom is -0.377 e. The van der Waals surface area contributed by atoms with Crippen LogP contribution in [0.4, 0.5) is 0 Å². The Kier molecular flexibility index (Phi) is 5.39. The molecule has 0 aliphatic heterocycles. The zero-order valence-electron chi connectivity index (χ0n) is 9.81. The highest BCUT2D eigenvalue weighted by molar-refractivity contribution is 7.89. The fourth-order valence-corrected chi connectivity index (χ4v) is 2.50. The van der Waals surface area contributed by atoms with Crippen molar-refractivity contribution in [1.29, 1.82) is 0 Å². The smallest absolute Gasteiger partial charge is 0.240 e. The molecule has 0 aromatic heterocycles. The minimum absolute atomic E-state index is 0.0886. The molecule has 0 atom stereocenters. The van der Waals surface area contributed by atoms with E-state index >= 15 is 0 Å². The van der Waals surface area contributed by atoms with Gasteiger partial charge < -0.3 is 4.74 Å². The van der Waals surface area contributed by atoms with Gasteiger partial charge in [-0.15, -0.1) is 0 Å². The first-order valence-electron chi connectivity index (χ1n) is 5.28. The van der Waals surface area contributed by atoms with Crippen LogP contribution in [0.25, 0.3) is 0 Å². The highest BCUT2D eigenvalue weighted by Crippen LogP contribution is 2.14. The van der Waals surface area contributed by atoms with E-state index < -0.39 is 10.0 Å². The standard InChI is InChI=1S/C11H16ClNO3S/c1-9(2)16-7-6-13-17(14,15)11-5-3-4-10(12)8-11/h3-5,8-9,13H,6-7H2,1-2H3. The highest BCUT2D eigenvalue weighted by Gasteiger charge is 2.13. The van der Waals surface area contributed by atoms with Crippen LogP contribution in [0, 0.1) is 0 Å². The predicted molar refractivity (Wildman–Crippen MR) is 67.7 cm³/mol. The van der Waals surface area contributed by atoms with Gasteiger partial charge in [-0.3, -0.25) is 0 Å². The Morgan fingerprint density at radius 1 is 1.41 bits per heavy atom. The van der Waals surface area contributed by atoms with Crippen LogP contribution in [-0.4, -0.2) is 27.7 Å². The normalized spacial score (nSPS) is 12.0. The first kappa shape index (κ1) is 14.4. The Balaban J connectivity index is 2.57. The fourth-order valence-electron chi connectivity index (χ4n) is 1.19. The zero-order valence-corrected chi connectivity index (χ0v) is 11.4. The second-order valence-corrected chi connectivity index (χ2v) is 5.98. The van der Waals surface area contributed by atoms with Crippen LogP contribution < -0.4 is 4.72 Å². The molecule has 0 radical (unpaired) electrons. The molecule has 17 heavy (non-hydrogen) atoms. The van der Waals surface area contributed by atoms with Crippen molar-refractivity contribution in [2.24, 2.45) is 0 Å². The lowest BCUT2D eigenvalue weighted by Gasteiger charge is -2.09. The third-order valence-electron chi connectivity index (χ3n) is 1.95. The number of nitrogens with one attached hydrogen (secondary N) is 1. The van der Waals surface area contributed by atoms with Crippen LogP contribution in [0.3, 0.4) is 0 Å². The van der Waals surface area contributed by atoms with Crippen LogP contribution in [-0.2, 0) is 14.8 Å². The first-order valence-corrected chi connectivity index (χ1v) is 7.15. The summed E-state index contributed by atoms with van der Waals surface area (Å²) in [5.74, 6) is 0. The SMILES string of the molecule is CC(C)OCCNS(=O)(=O)c1cccc(Cl)c1. The Hall–Kier alpha value is -0.620. The van der Waals surface area contributed by atoms with E-state index in [1.807, 2.05) is 13.8 Å². The molecule has 0 amide bonds. The van der Waals surface area contributed by atoms with Gasteiger partial charge >= 0.3 is 0 Å². The maximum atomic E-state index is 11.8. The number of halogens is 1. The molecule has 0 saturated heterocycles. The lowest BCUT2D eigenvalue weighted by molar-refractivity contribution is 0.0834. The van der Waals surface area contributed by atoms with Gasteiger partial charge in [0.15, 0.2) is 0 Å². The molecule has 0 bridgehead atoms. The predicted octanol–water partition coefficient (Wildman–Crippen LogP) is 2.04. The van der Waals surface area contributed by atoms with E-state index in [9.17, 15) is 8.42 Å². The van der Waals surface area contributed by atoms with Crippen molar-refractivity contribution in [2.75, 3.05) is 13.2 Å². The van der Waals surface area contributed by atoms with Gasteiger partial charge in [-0.05, 0) is 32.0 Å². The summed E-state index contributed by atoms with van der Waals surface area (Å²) in [6, 6.07) is 6.13. The average molecular weight is 278 g/mol. The molecule has 0 unspecified atom stereocenters. The summed E-state index contributed by atoms with van der Waals surface area (Å²) in [4.78, 5) is 0.162. The van der Waals surface area contributed by atoms with E-state index in [0.717, 1.165) is 0 Å². The summed E-state index contributed by atoms with van der Waals surface area (Å²) in [7, 11) is -3.50. The van der Waals surface area contributed by atoms with Crippen LogP contribution >= 0.6 is 11.6 Å². The maximum Gasteiger partial charge on any atom is 0.240 e. The van der Waals surface area contributed by atoms with Crippen molar-refractivity contribution in [3.8, 4) is 0 Å². The lowest BCUT2D eigenvalue weighted by Crippen LogP contribution is -2.28. The molecular weight excluding hydrogens is 262 g/mol. The summed E-state index contributed by atoms with van der Waals surface area (Å²) in [6.07, 6.45) is 0.0886. The molecule has 4 nitrogen and oxygen atoms in total.